The van der Waals surface area contributed by atoms with Gasteiger partial charge in [-0.15, -0.1) is 0 Å². The minimum absolute atomic E-state index is 0.0642. The minimum Gasteiger partial charge on any atom is -0.493 e. The molecule has 0 saturated heterocycles. The molecule has 0 aliphatic carbocycles. The van der Waals surface area contributed by atoms with E-state index in [4.69, 9.17) is 26.5 Å². The molecule has 0 amide bonds. The Hall–Kier alpha value is -1.45. The van der Waals surface area contributed by atoms with Gasteiger partial charge >= 0.3 is 0 Å². The second kappa shape index (κ2) is 5.94. The molecule has 0 bridgehead atoms. The molecule has 1 atom stereocenters. The third-order valence-corrected chi connectivity index (χ3v) is 2.96. The second-order valence-electron chi connectivity index (χ2n) is 4.15. The highest BCUT2D eigenvalue weighted by Gasteiger charge is 2.14. The van der Waals surface area contributed by atoms with E-state index in [9.17, 15) is 0 Å². The van der Waals surface area contributed by atoms with Crippen LogP contribution in [0.4, 0.5) is 0 Å². The highest BCUT2D eigenvalue weighted by atomic mass is 35.5. The second-order valence-corrected chi connectivity index (χ2v) is 4.58. The first-order chi connectivity index (χ1) is 8.69. The maximum atomic E-state index is 5.81. The van der Waals surface area contributed by atoms with E-state index < -0.39 is 0 Å². The summed E-state index contributed by atoms with van der Waals surface area (Å²) in [5, 5.41) is 0.694. The first-order valence-electron chi connectivity index (χ1n) is 5.84. The minimum atomic E-state index is 0.0642. The van der Waals surface area contributed by atoms with E-state index in [1.54, 1.807) is 12.1 Å². The van der Waals surface area contributed by atoms with Crippen molar-refractivity contribution in [3.8, 4) is 5.75 Å². The van der Waals surface area contributed by atoms with Crippen molar-refractivity contribution in [1.82, 2.24) is 0 Å². The van der Waals surface area contributed by atoms with Gasteiger partial charge in [0.15, 0.2) is 0 Å². The van der Waals surface area contributed by atoms with Gasteiger partial charge in [0.25, 0.3) is 0 Å². The van der Waals surface area contributed by atoms with Crippen LogP contribution in [0.2, 0.25) is 5.02 Å². The van der Waals surface area contributed by atoms with Gasteiger partial charge in [-0.05, 0) is 43.3 Å². The van der Waals surface area contributed by atoms with Crippen molar-refractivity contribution in [2.45, 2.75) is 12.8 Å². The topological polar surface area (TPSA) is 48.4 Å². The van der Waals surface area contributed by atoms with Gasteiger partial charge < -0.3 is 14.9 Å². The summed E-state index contributed by atoms with van der Waals surface area (Å²) in [5.41, 5.74) is 5.74. The monoisotopic (exact) mass is 265 g/mol. The Labute approximate surface area is 111 Å². The molecule has 0 saturated carbocycles. The number of benzene rings is 1. The standard InChI is InChI=1S/C14H16ClNO2/c1-10-2-7-14(18-10)11(8-16)9-17-13-5-3-12(15)4-6-13/h2-7,11H,8-9,16H2,1H3. The fourth-order valence-electron chi connectivity index (χ4n) is 1.67. The molecule has 2 N–H and O–H groups in total. The van der Waals surface area contributed by atoms with Crippen LogP contribution in [0.3, 0.4) is 0 Å². The van der Waals surface area contributed by atoms with Crippen molar-refractivity contribution < 1.29 is 9.15 Å². The quantitative estimate of drug-likeness (QED) is 0.902. The zero-order valence-corrected chi connectivity index (χ0v) is 11.0. The molecule has 1 unspecified atom stereocenters. The van der Waals surface area contributed by atoms with E-state index in [1.165, 1.54) is 0 Å². The third-order valence-electron chi connectivity index (χ3n) is 2.71. The van der Waals surface area contributed by atoms with Crippen LogP contribution < -0.4 is 10.5 Å². The SMILES string of the molecule is Cc1ccc(C(CN)COc2ccc(Cl)cc2)o1. The summed E-state index contributed by atoms with van der Waals surface area (Å²) in [6.45, 7) is 2.89. The zero-order chi connectivity index (χ0) is 13.0. The van der Waals surface area contributed by atoms with Gasteiger partial charge in [0.2, 0.25) is 0 Å². The van der Waals surface area contributed by atoms with Crippen molar-refractivity contribution >= 4 is 11.6 Å². The van der Waals surface area contributed by atoms with Crippen molar-refractivity contribution in [3.05, 3.63) is 52.9 Å². The lowest BCUT2D eigenvalue weighted by molar-refractivity contribution is 0.271. The number of aryl methyl sites for hydroxylation is 1. The fourth-order valence-corrected chi connectivity index (χ4v) is 1.79. The number of halogens is 1. The van der Waals surface area contributed by atoms with Gasteiger partial charge in [-0.25, -0.2) is 0 Å². The van der Waals surface area contributed by atoms with Crippen LogP contribution in [0, 0.1) is 6.92 Å². The Bertz CT molecular complexity index is 493. The first kappa shape index (κ1) is 13.0. The van der Waals surface area contributed by atoms with Crippen LogP contribution in [-0.2, 0) is 0 Å². The average molecular weight is 266 g/mol. The third kappa shape index (κ3) is 3.28. The van der Waals surface area contributed by atoms with Crippen LogP contribution >= 0.6 is 11.6 Å². The summed E-state index contributed by atoms with van der Waals surface area (Å²) in [7, 11) is 0. The van der Waals surface area contributed by atoms with Crippen LogP contribution in [0.25, 0.3) is 0 Å². The Balaban J connectivity index is 1.97. The molecule has 1 aromatic carbocycles. The predicted molar refractivity (Wildman–Crippen MR) is 72.2 cm³/mol. The molecule has 1 aromatic heterocycles. The molecule has 4 heteroatoms. The van der Waals surface area contributed by atoms with E-state index in [0.717, 1.165) is 17.3 Å². The van der Waals surface area contributed by atoms with Crippen molar-refractivity contribution in [2.24, 2.45) is 5.73 Å². The number of ether oxygens (including phenoxy) is 1. The summed E-state index contributed by atoms with van der Waals surface area (Å²) >= 11 is 5.81. The molecule has 0 radical (unpaired) electrons. The van der Waals surface area contributed by atoms with Crippen LogP contribution in [0.5, 0.6) is 5.75 Å². The Morgan fingerprint density at radius 2 is 1.94 bits per heavy atom. The molecule has 0 fully saturated rings. The number of furan rings is 1. The molecular weight excluding hydrogens is 250 g/mol. The highest BCUT2D eigenvalue weighted by molar-refractivity contribution is 6.30. The van der Waals surface area contributed by atoms with E-state index in [2.05, 4.69) is 0 Å². The Morgan fingerprint density at radius 3 is 2.50 bits per heavy atom. The highest BCUT2D eigenvalue weighted by Crippen LogP contribution is 2.21. The molecule has 0 aliphatic rings. The lowest BCUT2D eigenvalue weighted by atomic mass is 10.1. The summed E-state index contributed by atoms with van der Waals surface area (Å²) in [6.07, 6.45) is 0. The largest absolute Gasteiger partial charge is 0.493 e. The summed E-state index contributed by atoms with van der Waals surface area (Å²) in [5.74, 6) is 2.59. The van der Waals surface area contributed by atoms with Crippen molar-refractivity contribution in [1.29, 1.82) is 0 Å². The number of nitrogens with two attached hydrogens (primary N) is 1. The number of rotatable bonds is 5. The van der Waals surface area contributed by atoms with Crippen molar-refractivity contribution in [3.63, 3.8) is 0 Å². The molecule has 2 rings (SSSR count). The Kier molecular flexibility index (Phi) is 4.28. The molecule has 2 aromatic rings. The van der Waals surface area contributed by atoms with Crippen LogP contribution in [0.15, 0.2) is 40.8 Å². The van der Waals surface area contributed by atoms with E-state index in [0.29, 0.717) is 18.2 Å². The Morgan fingerprint density at radius 1 is 1.22 bits per heavy atom. The zero-order valence-electron chi connectivity index (χ0n) is 10.2. The molecule has 1 heterocycles. The van der Waals surface area contributed by atoms with Crippen LogP contribution in [0.1, 0.15) is 17.4 Å². The lowest BCUT2D eigenvalue weighted by Crippen LogP contribution is -2.19. The van der Waals surface area contributed by atoms with Gasteiger partial charge in [-0.2, -0.15) is 0 Å². The van der Waals surface area contributed by atoms with Gasteiger partial charge in [-0.1, -0.05) is 11.6 Å². The maximum absolute atomic E-state index is 5.81. The summed E-state index contributed by atoms with van der Waals surface area (Å²) < 4.78 is 11.2. The smallest absolute Gasteiger partial charge is 0.119 e. The number of hydrogen-bond acceptors (Lipinski definition) is 3. The summed E-state index contributed by atoms with van der Waals surface area (Å²) in [4.78, 5) is 0. The molecular formula is C14H16ClNO2. The molecule has 96 valence electrons. The van der Waals surface area contributed by atoms with Gasteiger partial charge in [0.1, 0.15) is 17.3 Å². The molecule has 18 heavy (non-hydrogen) atoms. The fraction of sp³-hybridized carbons (Fsp3) is 0.286. The molecule has 0 aliphatic heterocycles. The first-order valence-corrected chi connectivity index (χ1v) is 6.21. The predicted octanol–water partition coefficient (Wildman–Crippen LogP) is 3.36. The normalized spacial score (nSPS) is 12.4. The lowest BCUT2D eigenvalue weighted by Gasteiger charge is -2.13. The van der Waals surface area contributed by atoms with E-state index in [1.807, 2.05) is 31.2 Å². The van der Waals surface area contributed by atoms with Crippen molar-refractivity contribution in [2.75, 3.05) is 13.2 Å². The molecule has 3 nitrogen and oxygen atoms in total. The maximum Gasteiger partial charge on any atom is 0.119 e. The summed E-state index contributed by atoms with van der Waals surface area (Å²) in [6, 6.07) is 11.1. The van der Waals surface area contributed by atoms with E-state index >= 15 is 0 Å². The van der Waals surface area contributed by atoms with E-state index in [-0.39, 0.29) is 5.92 Å². The van der Waals surface area contributed by atoms with Gasteiger partial charge in [-0.3, -0.25) is 0 Å². The van der Waals surface area contributed by atoms with Gasteiger partial charge in [0.05, 0.1) is 12.5 Å². The van der Waals surface area contributed by atoms with Crippen LogP contribution in [-0.4, -0.2) is 13.2 Å². The average Bonchev–Trinajstić information content (AvgIpc) is 2.79. The van der Waals surface area contributed by atoms with Gasteiger partial charge in [0, 0.05) is 11.6 Å². The molecule has 0 spiro atoms. The number of hydrogen-bond donors (Lipinski definition) is 1.